The molecule has 0 aliphatic heterocycles. The van der Waals surface area contributed by atoms with Gasteiger partial charge in [-0.3, -0.25) is 0 Å². The Morgan fingerprint density at radius 2 is 1.75 bits per heavy atom. The summed E-state index contributed by atoms with van der Waals surface area (Å²) in [5.74, 6) is 0.825. The van der Waals surface area contributed by atoms with E-state index >= 15 is 0 Å². The Hall–Kier alpha value is -2.59. The molecule has 2 aromatic carbocycles. The quantitative estimate of drug-likeness (QED) is 0.781. The van der Waals surface area contributed by atoms with E-state index in [1.54, 1.807) is 0 Å². The fourth-order valence-electron chi connectivity index (χ4n) is 2.88. The zero-order valence-corrected chi connectivity index (χ0v) is 14.4. The first-order valence-electron chi connectivity index (χ1n) is 8.05. The van der Waals surface area contributed by atoms with Crippen LogP contribution in [0.15, 0.2) is 54.6 Å². The number of fused-ring (bicyclic) bond motifs is 1. The van der Waals surface area contributed by atoms with Gasteiger partial charge < -0.3 is 14.9 Å². The van der Waals surface area contributed by atoms with E-state index < -0.39 is 0 Å². The molecule has 1 aromatic heterocycles. The van der Waals surface area contributed by atoms with Crippen molar-refractivity contribution in [2.45, 2.75) is 13.2 Å². The molecule has 0 radical (unpaired) electrons. The van der Waals surface area contributed by atoms with Crippen molar-refractivity contribution in [3.05, 3.63) is 65.7 Å². The fraction of sp³-hybridized carbons (Fsp3) is 0.250. The summed E-state index contributed by atoms with van der Waals surface area (Å²) in [4.78, 5) is 8.94. The first-order valence-corrected chi connectivity index (χ1v) is 8.05. The summed E-state index contributed by atoms with van der Waals surface area (Å²) in [7, 11) is 6.09. The standard InChI is InChI=1S/C20H23N3O/c1-22(2)18-9-6-7-15(11-18)13-23(3)20-17(14-24)12-16-8-4-5-10-19(16)21-20/h4-12,24H,13-14H2,1-3H3. The van der Waals surface area contributed by atoms with Gasteiger partial charge in [-0.25, -0.2) is 4.98 Å². The van der Waals surface area contributed by atoms with Gasteiger partial charge in [0, 0.05) is 44.3 Å². The number of aliphatic hydroxyl groups is 1. The van der Waals surface area contributed by atoms with Gasteiger partial charge in [0.05, 0.1) is 12.1 Å². The third kappa shape index (κ3) is 3.34. The summed E-state index contributed by atoms with van der Waals surface area (Å²) in [6.45, 7) is 0.718. The minimum atomic E-state index is -0.0186. The van der Waals surface area contributed by atoms with Gasteiger partial charge in [0.2, 0.25) is 0 Å². The summed E-state index contributed by atoms with van der Waals surface area (Å²) in [5.41, 5.74) is 4.18. The Kier molecular flexibility index (Phi) is 4.67. The van der Waals surface area contributed by atoms with E-state index in [9.17, 15) is 5.11 Å². The summed E-state index contributed by atoms with van der Waals surface area (Å²) in [6.07, 6.45) is 0. The van der Waals surface area contributed by atoms with Crippen LogP contribution in [0.25, 0.3) is 10.9 Å². The molecule has 0 unspecified atom stereocenters. The number of hydrogen-bond acceptors (Lipinski definition) is 4. The van der Waals surface area contributed by atoms with E-state index in [2.05, 4.69) is 34.1 Å². The van der Waals surface area contributed by atoms with Crippen LogP contribution in [0, 0.1) is 0 Å². The lowest BCUT2D eigenvalue weighted by atomic mass is 10.1. The zero-order valence-electron chi connectivity index (χ0n) is 14.4. The highest BCUT2D eigenvalue weighted by Gasteiger charge is 2.11. The Morgan fingerprint density at radius 3 is 2.50 bits per heavy atom. The second kappa shape index (κ2) is 6.89. The molecule has 1 heterocycles. The predicted molar refractivity (Wildman–Crippen MR) is 101 cm³/mol. The topological polar surface area (TPSA) is 39.6 Å². The molecule has 0 saturated carbocycles. The van der Waals surface area contributed by atoms with E-state index in [-0.39, 0.29) is 6.61 Å². The van der Waals surface area contributed by atoms with E-state index in [1.807, 2.05) is 51.5 Å². The first-order chi connectivity index (χ1) is 11.6. The third-order valence-corrected chi connectivity index (χ3v) is 4.16. The maximum Gasteiger partial charge on any atom is 0.134 e. The first kappa shape index (κ1) is 16.3. The molecule has 24 heavy (non-hydrogen) atoms. The number of aromatic nitrogens is 1. The van der Waals surface area contributed by atoms with Crippen LogP contribution in [0.3, 0.4) is 0 Å². The van der Waals surface area contributed by atoms with Crippen LogP contribution < -0.4 is 9.80 Å². The molecule has 4 nitrogen and oxygen atoms in total. The van der Waals surface area contributed by atoms with Crippen molar-refractivity contribution < 1.29 is 5.11 Å². The molecule has 0 aliphatic carbocycles. The van der Waals surface area contributed by atoms with E-state index in [4.69, 9.17) is 4.98 Å². The molecular weight excluding hydrogens is 298 g/mol. The fourth-order valence-corrected chi connectivity index (χ4v) is 2.88. The molecule has 0 bridgehead atoms. The molecule has 0 saturated heterocycles. The predicted octanol–water partition coefficient (Wildman–Crippen LogP) is 3.43. The number of anilines is 2. The van der Waals surface area contributed by atoms with Crippen LogP contribution >= 0.6 is 0 Å². The Balaban J connectivity index is 1.93. The van der Waals surface area contributed by atoms with Gasteiger partial charge in [0.1, 0.15) is 5.82 Å². The van der Waals surface area contributed by atoms with Gasteiger partial charge >= 0.3 is 0 Å². The number of nitrogens with zero attached hydrogens (tertiary/aromatic N) is 3. The maximum atomic E-state index is 9.74. The lowest BCUT2D eigenvalue weighted by Crippen LogP contribution is -2.20. The van der Waals surface area contributed by atoms with Crippen LogP contribution in [0.2, 0.25) is 0 Å². The maximum absolute atomic E-state index is 9.74. The molecule has 0 fully saturated rings. The number of aliphatic hydroxyl groups excluding tert-OH is 1. The van der Waals surface area contributed by atoms with Crippen molar-refractivity contribution in [2.24, 2.45) is 0 Å². The molecule has 3 rings (SSSR count). The van der Waals surface area contributed by atoms with E-state index in [0.717, 1.165) is 28.8 Å². The molecular formula is C20H23N3O. The van der Waals surface area contributed by atoms with Crippen molar-refractivity contribution in [3.8, 4) is 0 Å². The van der Waals surface area contributed by atoms with Gasteiger partial charge in [-0.2, -0.15) is 0 Å². The molecule has 3 aromatic rings. The van der Waals surface area contributed by atoms with Crippen molar-refractivity contribution in [1.29, 1.82) is 0 Å². The molecule has 0 amide bonds. The second-order valence-electron chi connectivity index (χ2n) is 6.24. The lowest BCUT2D eigenvalue weighted by molar-refractivity contribution is 0.282. The van der Waals surface area contributed by atoms with Crippen LogP contribution in [0.5, 0.6) is 0 Å². The highest BCUT2D eigenvalue weighted by atomic mass is 16.3. The smallest absolute Gasteiger partial charge is 0.134 e. The summed E-state index contributed by atoms with van der Waals surface area (Å²) in [5, 5.41) is 10.8. The second-order valence-corrected chi connectivity index (χ2v) is 6.24. The van der Waals surface area contributed by atoms with Crippen LogP contribution in [-0.4, -0.2) is 31.2 Å². The van der Waals surface area contributed by atoms with Gasteiger partial charge in [-0.05, 0) is 29.8 Å². The zero-order chi connectivity index (χ0) is 17.1. The Morgan fingerprint density at radius 1 is 0.958 bits per heavy atom. The van der Waals surface area contributed by atoms with Crippen LogP contribution in [0.4, 0.5) is 11.5 Å². The number of pyridine rings is 1. The SMILES string of the molecule is CN(C)c1cccc(CN(C)c2nc3ccccc3cc2CO)c1. The van der Waals surface area contributed by atoms with Gasteiger partial charge in [0.25, 0.3) is 0 Å². The lowest BCUT2D eigenvalue weighted by Gasteiger charge is -2.22. The summed E-state index contributed by atoms with van der Waals surface area (Å²) >= 11 is 0. The van der Waals surface area contributed by atoms with Crippen LogP contribution in [0.1, 0.15) is 11.1 Å². The minimum Gasteiger partial charge on any atom is -0.392 e. The Bertz CT molecular complexity index is 845. The minimum absolute atomic E-state index is 0.0186. The third-order valence-electron chi connectivity index (χ3n) is 4.16. The molecule has 0 aliphatic rings. The van der Waals surface area contributed by atoms with Crippen molar-refractivity contribution in [3.63, 3.8) is 0 Å². The highest BCUT2D eigenvalue weighted by Crippen LogP contribution is 2.25. The summed E-state index contributed by atoms with van der Waals surface area (Å²) < 4.78 is 0. The van der Waals surface area contributed by atoms with E-state index in [0.29, 0.717) is 0 Å². The monoisotopic (exact) mass is 321 g/mol. The van der Waals surface area contributed by atoms with Gasteiger partial charge in [0.15, 0.2) is 0 Å². The normalized spacial score (nSPS) is 10.8. The highest BCUT2D eigenvalue weighted by molar-refractivity contribution is 5.81. The van der Waals surface area contributed by atoms with Gasteiger partial charge in [-0.1, -0.05) is 30.3 Å². The average Bonchev–Trinajstić information content (AvgIpc) is 2.60. The molecule has 4 heteroatoms. The number of rotatable bonds is 5. The van der Waals surface area contributed by atoms with Crippen molar-refractivity contribution >= 4 is 22.4 Å². The largest absolute Gasteiger partial charge is 0.392 e. The molecule has 0 spiro atoms. The molecule has 124 valence electrons. The number of hydrogen-bond donors (Lipinski definition) is 1. The molecule has 0 atom stereocenters. The molecule has 1 N–H and O–H groups in total. The number of benzene rings is 2. The Labute approximate surface area is 143 Å². The average molecular weight is 321 g/mol. The van der Waals surface area contributed by atoms with Crippen molar-refractivity contribution in [2.75, 3.05) is 30.9 Å². The van der Waals surface area contributed by atoms with Crippen LogP contribution in [-0.2, 0) is 13.2 Å². The van der Waals surface area contributed by atoms with Crippen molar-refractivity contribution in [1.82, 2.24) is 4.98 Å². The summed E-state index contributed by atoms with van der Waals surface area (Å²) in [6, 6.07) is 18.5. The number of para-hydroxylation sites is 1. The van der Waals surface area contributed by atoms with Gasteiger partial charge in [-0.15, -0.1) is 0 Å². The van der Waals surface area contributed by atoms with E-state index in [1.165, 1.54) is 11.3 Å².